The molecule has 23 heavy (non-hydrogen) atoms. The van der Waals surface area contributed by atoms with Crippen LogP contribution >= 0.6 is 0 Å². The molecule has 1 aliphatic carbocycles. The fraction of sp³-hybridized carbons (Fsp3) is 0.500. The van der Waals surface area contributed by atoms with Gasteiger partial charge in [-0.05, 0) is 25.0 Å². The second-order valence-electron chi connectivity index (χ2n) is 5.84. The molecule has 0 bridgehead atoms. The van der Waals surface area contributed by atoms with Crippen LogP contribution in [0.25, 0.3) is 11.6 Å². The van der Waals surface area contributed by atoms with Crippen molar-refractivity contribution in [3.63, 3.8) is 0 Å². The Labute approximate surface area is 134 Å². The van der Waals surface area contributed by atoms with Gasteiger partial charge in [-0.2, -0.15) is 10.4 Å². The van der Waals surface area contributed by atoms with Gasteiger partial charge in [0.2, 0.25) is 11.7 Å². The van der Waals surface area contributed by atoms with E-state index in [1.54, 1.807) is 18.4 Å². The van der Waals surface area contributed by atoms with Crippen molar-refractivity contribution in [3.8, 4) is 17.7 Å². The summed E-state index contributed by atoms with van der Waals surface area (Å²) >= 11 is 0. The molecule has 0 saturated heterocycles. The first-order valence-corrected chi connectivity index (χ1v) is 7.88. The molecule has 1 aliphatic rings. The van der Waals surface area contributed by atoms with Crippen LogP contribution in [0.2, 0.25) is 0 Å². The van der Waals surface area contributed by atoms with Crippen LogP contribution in [0.4, 0.5) is 0 Å². The summed E-state index contributed by atoms with van der Waals surface area (Å²) in [4.78, 5) is 16.7. The number of hydrogen-bond acceptors (Lipinski definition) is 5. The molecule has 0 aromatic carbocycles. The normalized spacial score (nSPS) is 16.7. The highest BCUT2D eigenvalue weighted by atomic mass is 16.3. The highest BCUT2D eigenvalue weighted by Gasteiger charge is 2.39. The third kappa shape index (κ3) is 3.26. The van der Waals surface area contributed by atoms with E-state index in [0.29, 0.717) is 43.2 Å². The number of rotatable bonds is 5. The summed E-state index contributed by atoms with van der Waals surface area (Å²) in [6.45, 7) is 0.426. The van der Waals surface area contributed by atoms with E-state index in [9.17, 15) is 10.1 Å². The predicted molar refractivity (Wildman–Crippen MR) is 81.9 cm³/mol. The molecule has 0 radical (unpaired) electrons. The molecule has 120 valence electrons. The number of amides is 1. The van der Waals surface area contributed by atoms with Crippen LogP contribution < -0.4 is 5.32 Å². The minimum Gasteiger partial charge on any atom is -0.461 e. The van der Waals surface area contributed by atoms with E-state index in [0.717, 1.165) is 19.3 Å². The zero-order valence-corrected chi connectivity index (χ0v) is 12.8. The van der Waals surface area contributed by atoms with E-state index in [1.165, 1.54) is 0 Å². The van der Waals surface area contributed by atoms with Crippen molar-refractivity contribution < 1.29 is 9.21 Å². The third-order valence-corrected chi connectivity index (χ3v) is 4.28. The fourth-order valence-electron chi connectivity index (χ4n) is 2.93. The van der Waals surface area contributed by atoms with Crippen molar-refractivity contribution in [2.45, 2.75) is 38.5 Å². The lowest BCUT2D eigenvalue weighted by Gasteiger charge is -2.29. The summed E-state index contributed by atoms with van der Waals surface area (Å²) in [5.74, 6) is 1.61. The van der Waals surface area contributed by atoms with Gasteiger partial charge >= 0.3 is 0 Å². The second kappa shape index (κ2) is 6.65. The molecule has 2 heterocycles. The van der Waals surface area contributed by atoms with E-state index >= 15 is 0 Å². The number of aromatic nitrogens is 3. The smallest absolute Gasteiger partial charge is 0.240 e. The van der Waals surface area contributed by atoms with Gasteiger partial charge in [-0.25, -0.2) is 4.98 Å². The van der Waals surface area contributed by atoms with Crippen LogP contribution in [0, 0.1) is 16.7 Å². The number of nitrogens with zero attached hydrogens (tertiary/aromatic N) is 3. The molecule has 1 saturated carbocycles. The van der Waals surface area contributed by atoms with Crippen molar-refractivity contribution in [2.24, 2.45) is 5.41 Å². The highest BCUT2D eigenvalue weighted by Crippen LogP contribution is 2.35. The number of aromatic amines is 1. The van der Waals surface area contributed by atoms with E-state index in [2.05, 4.69) is 26.6 Å². The molecule has 0 unspecified atom stereocenters. The van der Waals surface area contributed by atoms with Crippen LogP contribution in [-0.4, -0.2) is 27.6 Å². The molecule has 3 rings (SSSR count). The topological polar surface area (TPSA) is 108 Å². The maximum atomic E-state index is 12.3. The molecule has 0 atom stereocenters. The average Bonchev–Trinajstić information content (AvgIpc) is 3.26. The Kier molecular flexibility index (Phi) is 4.42. The fourth-order valence-corrected chi connectivity index (χ4v) is 2.93. The van der Waals surface area contributed by atoms with Crippen LogP contribution in [0.3, 0.4) is 0 Å². The zero-order chi connectivity index (χ0) is 16.1. The number of carbonyl (C=O) groups excluding carboxylic acids is 1. The number of H-pyrrole nitrogens is 1. The molecule has 0 spiro atoms. The standard InChI is InChI=1S/C16H19N5O2/c17-11-16(7-2-1-3-8-16)15(22)18-9-6-13-19-14(21-20-13)12-5-4-10-23-12/h4-5,10H,1-3,6-9H2,(H,18,22)(H,19,20,21). The van der Waals surface area contributed by atoms with Crippen molar-refractivity contribution >= 4 is 5.91 Å². The number of hydrogen-bond donors (Lipinski definition) is 2. The Hall–Kier alpha value is -2.62. The van der Waals surface area contributed by atoms with Gasteiger partial charge in [0.1, 0.15) is 11.2 Å². The molecule has 7 nitrogen and oxygen atoms in total. The number of nitriles is 1. The summed E-state index contributed by atoms with van der Waals surface area (Å²) in [7, 11) is 0. The van der Waals surface area contributed by atoms with Crippen molar-refractivity contribution in [2.75, 3.05) is 6.54 Å². The number of furan rings is 1. The first-order chi connectivity index (χ1) is 11.2. The van der Waals surface area contributed by atoms with Crippen molar-refractivity contribution in [1.29, 1.82) is 5.26 Å². The molecular formula is C16H19N5O2. The Bertz CT molecular complexity index is 692. The minimum atomic E-state index is -0.848. The lowest BCUT2D eigenvalue weighted by Crippen LogP contribution is -2.42. The molecule has 1 amide bonds. The average molecular weight is 313 g/mol. The maximum Gasteiger partial charge on any atom is 0.240 e. The van der Waals surface area contributed by atoms with Gasteiger partial charge in [-0.3, -0.25) is 9.89 Å². The van der Waals surface area contributed by atoms with Gasteiger partial charge in [0.05, 0.1) is 12.3 Å². The quantitative estimate of drug-likeness (QED) is 0.879. The van der Waals surface area contributed by atoms with Gasteiger partial charge in [-0.1, -0.05) is 19.3 Å². The summed E-state index contributed by atoms with van der Waals surface area (Å²) in [6.07, 6.45) is 6.38. The van der Waals surface area contributed by atoms with Crippen LogP contribution in [-0.2, 0) is 11.2 Å². The van der Waals surface area contributed by atoms with Gasteiger partial charge in [0.25, 0.3) is 0 Å². The predicted octanol–water partition coefficient (Wildman–Crippen LogP) is 2.20. The van der Waals surface area contributed by atoms with Crippen LogP contribution in [0.15, 0.2) is 22.8 Å². The Morgan fingerprint density at radius 1 is 1.43 bits per heavy atom. The molecule has 2 N–H and O–H groups in total. The number of carbonyl (C=O) groups is 1. The van der Waals surface area contributed by atoms with Gasteiger partial charge in [0, 0.05) is 13.0 Å². The molecule has 2 aromatic heterocycles. The minimum absolute atomic E-state index is 0.162. The Morgan fingerprint density at radius 3 is 2.96 bits per heavy atom. The molecular weight excluding hydrogens is 294 g/mol. The van der Waals surface area contributed by atoms with Crippen LogP contribution in [0.5, 0.6) is 0 Å². The molecule has 7 heteroatoms. The molecule has 0 aliphatic heterocycles. The van der Waals surface area contributed by atoms with Gasteiger partial charge < -0.3 is 9.73 Å². The summed E-state index contributed by atoms with van der Waals surface area (Å²) in [6, 6.07) is 5.79. The van der Waals surface area contributed by atoms with Crippen molar-refractivity contribution in [1.82, 2.24) is 20.5 Å². The first kappa shape index (κ1) is 15.3. The van der Waals surface area contributed by atoms with Gasteiger partial charge in [0.15, 0.2) is 5.76 Å². The maximum absolute atomic E-state index is 12.3. The van der Waals surface area contributed by atoms with E-state index in [4.69, 9.17) is 4.42 Å². The first-order valence-electron chi connectivity index (χ1n) is 7.88. The summed E-state index contributed by atoms with van der Waals surface area (Å²) in [5, 5.41) is 19.2. The Morgan fingerprint density at radius 2 is 2.26 bits per heavy atom. The van der Waals surface area contributed by atoms with E-state index in [-0.39, 0.29) is 5.91 Å². The summed E-state index contributed by atoms with van der Waals surface area (Å²) in [5.41, 5.74) is -0.848. The van der Waals surface area contributed by atoms with E-state index in [1.807, 2.05) is 0 Å². The van der Waals surface area contributed by atoms with Gasteiger partial charge in [-0.15, -0.1) is 0 Å². The lowest BCUT2D eigenvalue weighted by atomic mass is 9.74. The molecule has 1 fully saturated rings. The summed E-state index contributed by atoms with van der Waals surface area (Å²) < 4.78 is 5.23. The highest BCUT2D eigenvalue weighted by molar-refractivity contribution is 5.85. The third-order valence-electron chi connectivity index (χ3n) is 4.28. The van der Waals surface area contributed by atoms with Crippen molar-refractivity contribution in [3.05, 3.63) is 24.2 Å². The SMILES string of the molecule is N#CC1(C(=O)NCCc2nc(-c3ccco3)n[nH]2)CCCCC1. The van der Waals surface area contributed by atoms with Crippen LogP contribution in [0.1, 0.15) is 37.9 Å². The lowest BCUT2D eigenvalue weighted by molar-refractivity contribution is -0.129. The number of nitrogens with one attached hydrogen (secondary N) is 2. The largest absolute Gasteiger partial charge is 0.461 e. The van der Waals surface area contributed by atoms with E-state index < -0.39 is 5.41 Å². The monoisotopic (exact) mass is 313 g/mol. The Balaban J connectivity index is 1.53. The molecule has 2 aromatic rings. The second-order valence-corrected chi connectivity index (χ2v) is 5.84. The zero-order valence-electron chi connectivity index (χ0n) is 12.8.